The zero-order valence-corrected chi connectivity index (χ0v) is 18.4. The van der Waals surface area contributed by atoms with Gasteiger partial charge in [0.2, 0.25) is 0 Å². The Labute approximate surface area is 187 Å². The predicted octanol–water partition coefficient (Wildman–Crippen LogP) is 4.20. The molecule has 0 saturated carbocycles. The van der Waals surface area contributed by atoms with Gasteiger partial charge in [-0.25, -0.2) is 10.2 Å². The molecule has 2 aromatic rings. The topological polar surface area (TPSA) is 96.9 Å². The molecule has 0 bridgehead atoms. The Kier molecular flexibility index (Phi) is 7.47. The van der Waals surface area contributed by atoms with Gasteiger partial charge in [0.15, 0.2) is 0 Å². The molecule has 0 atom stereocenters. The zero-order chi connectivity index (χ0) is 21.7. The third-order valence-corrected chi connectivity index (χ3v) is 6.19. The van der Waals surface area contributed by atoms with E-state index in [4.69, 9.17) is 27.9 Å². The predicted molar refractivity (Wildman–Crippen MR) is 118 cm³/mol. The molecular formula is C20H19Cl2N3O4S. The summed E-state index contributed by atoms with van der Waals surface area (Å²) in [6, 6.07) is 4.79. The number of hydrogen-bond acceptors (Lipinski definition) is 6. The van der Waals surface area contributed by atoms with Gasteiger partial charge in [0, 0.05) is 15.5 Å². The van der Waals surface area contributed by atoms with Crippen molar-refractivity contribution in [2.45, 2.75) is 32.6 Å². The summed E-state index contributed by atoms with van der Waals surface area (Å²) in [5.41, 5.74) is 3.91. The highest BCUT2D eigenvalue weighted by Crippen LogP contribution is 2.38. The molecule has 0 fully saturated rings. The van der Waals surface area contributed by atoms with E-state index in [1.807, 2.05) is 0 Å². The number of carbonyl (C=O) groups is 3. The van der Waals surface area contributed by atoms with E-state index in [9.17, 15) is 14.4 Å². The second kappa shape index (κ2) is 10.1. The number of anilines is 1. The molecule has 0 unspecified atom stereocenters. The maximum atomic E-state index is 12.4. The zero-order valence-electron chi connectivity index (χ0n) is 16.1. The van der Waals surface area contributed by atoms with Crippen LogP contribution in [-0.4, -0.2) is 30.6 Å². The Balaban J connectivity index is 1.70. The third-order valence-electron chi connectivity index (χ3n) is 4.42. The molecule has 30 heavy (non-hydrogen) atoms. The summed E-state index contributed by atoms with van der Waals surface area (Å²) in [4.78, 5) is 37.9. The molecule has 10 heteroatoms. The molecule has 0 aliphatic heterocycles. The van der Waals surface area contributed by atoms with E-state index >= 15 is 0 Å². The van der Waals surface area contributed by atoms with E-state index in [1.54, 1.807) is 19.1 Å². The first kappa shape index (κ1) is 22.3. The van der Waals surface area contributed by atoms with Gasteiger partial charge >= 0.3 is 17.8 Å². The monoisotopic (exact) mass is 467 g/mol. The fourth-order valence-electron chi connectivity index (χ4n) is 3.05. The van der Waals surface area contributed by atoms with Gasteiger partial charge in [0.05, 0.1) is 23.4 Å². The first-order valence-electron chi connectivity index (χ1n) is 9.31. The molecule has 3 rings (SSSR count). The number of hydrogen-bond donors (Lipinski definition) is 2. The van der Waals surface area contributed by atoms with Gasteiger partial charge in [-0.05, 0) is 50.3 Å². The number of hydrazone groups is 1. The van der Waals surface area contributed by atoms with Crippen LogP contribution in [0.3, 0.4) is 0 Å². The van der Waals surface area contributed by atoms with Crippen molar-refractivity contribution in [1.29, 1.82) is 0 Å². The lowest BCUT2D eigenvalue weighted by atomic mass is 9.95. The van der Waals surface area contributed by atoms with Crippen LogP contribution in [0.2, 0.25) is 10.0 Å². The smallest absolute Gasteiger partial charge is 0.341 e. The van der Waals surface area contributed by atoms with Crippen LogP contribution in [0.1, 0.15) is 46.1 Å². The minimum absolute atomic E-state index is 0.222. The van der Waals surface area contributed by atoms with E-state index in [0.29, 0.717) is 26.2 Å². The van der Waals surface area contributed by atoms with E-state index in [0.717, 1.165) is 36.1 Å². The molecule has 2 amide bonds. The number of nitrogens with one attached hydrogen (secondary N) is 2. The van der Waals surface area contributed by atoms with Crippen LogP contribution in [0.25, 0.3) is 0 Å². The highest BCUT2D eigenvalue weighted by molar-refractivity contribution is 7.17. The van der Waals surface area contributed by atoms with Crippen LogP contribution in [0.15, 0.2) is 23.3 Å². The average molecular weight is 468 g/mol. The maximum Gasteiger partial charge on any atom is 0.341 e. The summed E-state index contributed by atoms with van der Waals surface area (Å²) in [6.07, 6.45) is 4.87. The number of benzene rings is 1. The highest BCUT2D eigenvalue weighted by Gasteiger charge is 2.28. The van der Waals surface area contributed by atoms with Gasteiger partial charge in [-0.1, -0.05) is 29.3 Å². The van der Waals surface area contributed by atoms with Crippen LogP contribution < -0.4 is 10.7 Å². The molecule has 0 radical (unpaired) electrons. The van der Waals surface area contributed by atoms with Crippen molar-refractivity contribution in [3.8, 4) is 0 Å². The highest BCUT2D eigenvalue weighted by atomic mass is 35.5. The van der Waals surface area contributed by atoms with Gasteiger partial charge in [-0.3, -0.25) is 9.59 Å². The van der Waals surface area contributed by atoms with Gasteiger partial charge < -0.3 is 10.1 Å². The maximum absolute atomic E-state index is 12.4. The van der Waals surface area contributed by atoms with Crippen LogP contribution in [-0.2, 0) is 27.2 Å². The number of rotatable bonds is 5. The van der Waals surface area contributed by atoms with Crippen LogP contribution in [0.4, 0.5) is 5.00 Å². The van der Waals surface area contributed by atoms with Crippen molar-refractivity contribution >= 4 is 63.5 Å². The number of nitrogens with zero attached hydrogens (tertiary/aromatic N) is 1. The molecule has 0 saturated heterocycles. The Bertz CT molecular complexity index is 1020. The Morgan fingerprint density at radius 1 is 1.20 bits per heavy atom. The summed E-state index contributed by atoms with van der Waals surface area (Å²) in [5.74, 6) is -2.40. The van der Waals surface area contributed by atoms with E-state index in [-0.39, 0.29) is 6.61 Å². The average Bonchev–Trinajstić information content (AvgIpc) is 3.07. The lowest BCUT2D eigenvalue weighted by Gasteiger charge is -2.12. The van der Waals surface area contributed by atoms with Gasteiger partial charge in [0.1, 0.15) is 5.00 Å². The molecule has 0 spiro atoms. The number of halogens is 2. The van der Waals surface area contributed by atoms with Crippen molar-refractivity contribution < 1.29 is 19.1 Å². The van der Waals surface area contributed by atoms with Crippen molar-refractivity contribution in [1.82, 2.24) is 5.43 Å². The van der Waals surface area contributed by atoms with Crippen LogP contribution >= 0.6 is 34.5 Å². The SMILES string of the molecule is CCOC(=O)c1c(NC(=O)C(=O)N/N=C/c2ccc(Cl)cc2Cl)sc2c1CCCC2. The first-order chi connectivity index (χ1) is 14.4. The van der Waals surface area contributed by atoms with Crippen LogP contribution in [0, 0.1) is 0 Å². The number of aryl methyl sites for hydroxylation is 1. The number of amides is 2. The van der Waals surface area contributed by atoms with Crippen molar-refractivity contribution in [3.63, 3.8) is 0 Å². The molecule has 1 aromatic carbocycles. The van der Waals surface area contributed by atoms with Gasteiger partial charge in [-0.15, -0.1) is 11.3 Å². The second-order valence-corrected chi connectivity index (χ2v) is 8.40. The number of thiophene rings is 1. The van der Waals surface area contributed by atoms with Gasteiger partial charge in [-0.2, -0.15) is 5.10 Å². The molecular weight excluding hydrogens is 449 g/mol. The third kappa shape index (κ3) is 5.19. The number of ether oxygens (including phenoxy) is 1. The van der Waals surface area contributed by atoms with Crippen LogP contribution in [0.5, 0.6) is 0 Å². The van der Waals surface area contributed by atoms with E-state index in [2.05, 4.69) is 15.8 Å². The number of fused-ring (bicyclic) bond motifs is 1. The van der Waals surface area contributed by atoms with E-state index < -0.39 is 17.8 Å². The fraction of sp³-hybridized carbons (Fsp3) is 0.300. The number of esters is 1. The molecule has 7 nitrogen and oxygen atoms in total. The molecule has 158 valence electrons. The minimum Gasteiger partial charge on any atom is -0.462 e. The lowest BCUT2D eigenvalue weighted by Crippen LogP contribution is -2.32. The fourth-order valence-corrected chi connectivity index (χ4v) is 4.78. The standard InChI is InChI=1S/C20H19Cl2N3O4S/c1-2-29-20(28)16-13-5-3-4-6-15(13)30-19(16)24-17(26)18(27)25-23-10-11-7-8-12(21)9-14(11)22/h7-10H,2-6H2,1H3,(H,24,26)(H,25,27)/b23-10+. The summed E-state index contributed by atoms with van der Waals surface area (Å²) >= 11 is 13.2. The Morgan fingerprint density at radius 2 is 1.97 bits per heavy atom. The summed E-state index contributed by atoms with van der Waals surface area (Å²) in [6.45, 7) is 1.94. The first-order valence-corrected chi connectivity index (χ1v) is 10.9. The molecule has 1 aliphatic carbocycles. The van der Waals surface area contributed by atoms with E-state index in [1.165, 1.54) is 23.6 Å². The largest absolute Gasteiger partial charge is 0.462 e. The number of carbonyl (C=O) groups excluding carboxylic acids is 3. The Morgan fingerprint density at radius 3 is 2.70 bits per heavy atom. The summed E-state index contributed by atoms with van der Waals surface area (Å²) in [7, 11) is 0. The molecule has 2 N–H and O–H groups in total. The van der Waals surface area contributed by atoms with Gasteiger partial charge in [0.25, 0.3) is 0 Å². The molecule has 1 aliphatic rings. The quantitative estimate of drug-likeness (QED) is 0.298. The summed E-state index contributed by atoms with van der Waals surface area (Å²) in [5, 5.41) is 7.42. The second-order valence-electron chi connectivity index (χ2n) is 6.45. The van der Waals surface area contributed by atoms with Crippen molar-refractivity contribution in [3.05, 3.63) is 49.8 Å². The van der Waals surface area contributed by atoms with Crippen molar-refractivity contribution in [2.75, 3.05) is 11.9 Å². The normalized spacial score (nSPS) is 13.0. The Hall–Kier alpha value is -2.42. The minimum atomic E-state index is -0.975. The lowest BCUT2D eigenvalue weighted by molar-refractivity contribution is -0.136. The molecule has 1 aromatic heterocycles. The molecule has 1 heterocycles. The summed E-state index contributed by atoms with van der Waals surface area (Å²) < 4.78 is 5.14. The van der Waals surface area contributed by atoms with Crippen molar-refractivity contribution in [2.24, 2.45) is 5.10 Å².